The monoisotopic (exact) mass is 396 g/mol. The van der Waals surface area contributed by atoms with Crippen LogP contribution < -0.4 is 14.8 Å². The number of nitrogens with zero attached hydrogens (tertiary/aromatic N) is 1. The van der Waals surface area contributed by atoms with Crippen LogP contribution in [0.1, 0.15) is 12.8 Å². The average Bonchev–Trinajstić information content (AvgIpc) is 2.55. The molecule has 1 N–H and O–H groups in total. The molecular weight excluding hydrogens is 375 g/mol. The van der Waals surface area contributed by atoms with Crippen molar-refractivity contribution in [3.8, 4) is 11.5 Å². The summed E-state index contributed by atoms with van der Waals surface area (Å²) in [5.41, 5.74) is 0. The molecule has 2 aliphatic rings. The summed E-state index contributed by atoms with van der Waals surface area (Å²) in [5.74, 6) is 1.44. The van der Waals surface area contributed by atoms with Crippen molar-refractivity contribution in [2.75, 3.05) is 39.9 Å². The summed E-state index contributed by atoms with van der Waals surface area (Å²) in [4.78, 5) is 0.0930. The van der Waals surface area contributed by atoms with Crippen LogP contribution in [0, 0.1) is 5.92 Å². The number of piperidine rings is 1. The van der Waals surface area contributed by atoms with E-state index in [2.05, 4.69) is 5.32 Å². The molecule has 0 bridgehead atoms. The van der Waals surface area contributed by atoms with E-state index >= 15 is 0 Å². The second kappa shape index (κ2) is 8.10. The second-order valence-electron chi connectivity index (χ2n) is 5.83. The minimum absolute atomic E-state index is 0. The summed E-state index contributed by atoms with van der Waals surface area (Å²) < 4.78 is 38.2. The highest BCUT2D eigenvalue weighted by molar-refractivity contribution is 7.89. The van der Waals surface area contributed by atoms with Gasteiger partial charge in [-0.1, -0.05) is 11.6 Å². The van der Waals surface area contributed by atoms with Crippen LogP contribution in [-0.4, -0.2) is 52.6 Å². The first-order chi connectivity index (χ1) is 11.0. The fourth-order valence-electron chi connectivity index (χ4n) is 3.02. The Balaban J connectivity index is 0.00000208. The molecule has 0 atom stereocenters. The lowest BCUT2D eigenvalue weighted by molar-refractivity contribution is 0.171. The van der Waals surface area contributed by atoms with Crippen molar-refractivity contribution in [3.63, 3.8) is 0 Å². The molecule has 1 aromatic carbocycles. The Labute approximate surface area is 153 Å². The van der Waals surface area contributed by atoms with Crippen LogP contribution in [-0.2, 0) is 10.0 Å². The highest BCUT2D eigenvalue weighted by atomic mass is 35.5. The third kappa shape index (κ3) is 3.91. The number of benzene rings is 1. The highest BCUT2D eigenvalue weighted by Gasteiger charge is 2.32. The summed E-state index contributed by atoms with van der Waals surface area (Å²) in [5, 5.41) is 3.32. The van der Waals surface area contributed by atoms with Crippen LogP contribution in [0.25, 0.3) is 0 Å². The van der Waals surface area contributed by atoms with Gasteiger partial charge in [-0.2, -0.15) is 4.31 Å². The topological polar surface area (TPSA) is 67.9 Å². The molecule has 0 aromatic heterocycles. The Kier molecular flexibility index (Phi) is 6.61. The SMILES string of the molecule is CNCC1CCN(S(=O)(=O)c2cc3c(cc2Cl)OCCO3)CC1.Cl. The highest BCUT2D eigenvalue weighted by Crippen LogP contribution is 2.38. The summed E-state index contributed by atoms with van der Waals surface area (Å²) in [6.07, 6.45) is 1.70. The summed E-state index contributed by atoms with van der Waals surface area (Å²) in [6.45, 7) is 2.79. The zero-order valence-electron chi connectivity index (χ0n) is 13.5. The van der Waals surface area contributed by atoms with Gasteiger partial charge in [0.15, 0.2) is 11.5 Å². The van der Waals surface area contributed by atoms with Crippen molar-refractivity contribution >= 4 is 34.0 Å². The summed E-state index contributed by atoms with van der Waals surface area (Å²) in [6, 6.07) is 3.00. The van der Waals surface area contributed by atoms with E-state index in [-0.39, 0.29) is 22.3 Å². The smallest absolute Gasteiger partial charge is 0.244 e. The fraction of sp³-hybridized carbons (Fsp3) is 0.600. The average molecular weight is 397 g/mol. The van der Waals surface area contributed by atoms with Gasteiger partial charge in [-0.15, -0.1) is 12.4 Å². The molecule has 1 saturated heterocycles. The van der Waals surface area contributed by atoms with Crippen LogP contribution in [0.4, 0.5) is 0 Å². The number of hydrogen-bond donors (Lipinski definition) is 1. The molecule has 9 heteroatoms. The zero-order valence-corrected chi connectivity index (χ0v) is 15.8. The first-order valence-electron chi connectivity index (χ1n) is 7.76. The van der Waals surface area contributed by atoms with Crippen molar-refractivity contribution in [2.24, 2.45) is 5.92 Å². The third-order valence-corrected chi connectivity index (χ3v) is 6.64. The number of fused-ring (bicyclic) bond motifs is 1. The Bertz CT molecular complexity index is 676. The van der Waals surface area contributed by atoms with Crippen LogP contribution in [0.2, 0.25) is 5.02 Å². The lowest BCUT2D eigenvalue weighted by atomic mass is 9.98. The van der Waals surface area contributed by atoms with Crippen molar-refractivity contribution in [2.45, 2.75) is 17.7 Å². The van der Waals surface area contributed by atoms with Crippen molar-refractivity contribution in [3.05, 3.63) is 17.2 Å². The standard InChI is InChI=1S/C15H21ClN2O4S.ClH/c1-17-10-11-2-4-18(5-3-11)23(19,20)15-9-14-13(8-12(15)16)21-6-7-22-14;/h8-9,11,17H,2-7,10H2,1H3;1H. The van der Waals surface area contributed by atoms with Gasteiger partial charge in [0, 0.05) is 25.2 Å². The van der Waals surface area contributed by atoms with Crippen molar-refractivity contribution < 1.29 is 17.9 Å². The van der Waals surface area contributed by atoms with Gasteiger partial charge < -0.3 is 14.8 Å². The van der Waals surface area contributed by atoms with E-state index in [0.29, 0.717) is 43.7 Å². The second-order valence-corrected chi connectivity index (χ2v) is 8.14. The van der Waals surface area contributed by atoms with Crippen molar-refractivity contribution in [1.29, 1.82) is 0 Å². The van der Waals surface area contributed by atoms with Gasteiger partial charge >= 0.3 is 0 Å². The Hall–Kier alpha value is -0.730. The molecule has 0 spiro atoms. The van der Waals surface area contributed by atoms with E-state index in [1.807, 2.05) is 7.05 Å². The first-order valence-corrected chi connectivity index (χ1v) is 9.58. The Morgan fingerprint density at radius 2 is 1.79 bits per heavy atom. The molecule has 2 heterocycles. The first kappa shape index (κ1) is 19.6. The Morgan fingerprint density at radius 1 is 1.21 bits per heavy atom. The van der Waals surface area contributed by atoms with Gasteiger partial charge in [0.25, 0.3) is 0 Å². The van der Waals surface area contributed by atoms with Gasteiger partial charge in [0.1, 0.15) is 18.1 Å². The number of halogens is 2. The molecule has 6 nitrogen and oxygen atoms in total. The maximum atomic E-state index is 12.9. The lowest BCUT2D eigenvalue weighted by Gasteiger charge is -2.31. The van der Waals surface area contributed by atoms with Crippen LogP contribution >= 0.6 is 24.0 Å². The molecule has 0 aliphatic carbocycles. The third-order valence-electron chi connectivity index (χ3n) is 4.28. The molecule has 2 aliphatic heterocycles. The van der Waals surface area contributed by atoms with E-state index < -0.39 is 10.0 Å². The number of sulfonamides is 1. The van der Waals surface area contributed by atoms with Gasteiger partial charge in [0.05, 0.1) is 5.02 Å². The number of ether oxygens (including phenoxy) is 2. The lowest BCUT2D eigenvalue weighted by Crippen LogP contribution is -2.40. The van der Waals surface area contributed by atoms with Crippen LogP contribution in [0.15, 0.2) is 17.0 Å². The number of rotatable bonds is 4. The van der Waals surface area contributed by atoms with Gasteiger partial charge in [-0.05, 0) is 32.4 Å². The van der Waals surface area contributed by atoms with Gasteiger partial charge in [-0.3, -0.25) is 0 Å². The van der Waals surface area contributed by atoms with E-state index in [0.717, 1.165) is 19.4 Å². The maximum Gasteiger partial charge on any atom is 0.244 e. The van der Waals surface area contributed by atoms with E-state index in [4.69, 9.17) is 21.1 Å². The minimum atomic E-state index is -3.62. The summed E-state index contributed by atoms with van der Waals surface area (Å²) >= 11 is 6.19. The predicted octanol–water partition coefficient (Wildman–Crippen LogP) is 2.15. The van der Waals surface area contributed by atoms with Gasteiger partial charge in [-0.25, -0.2) is 8.42 Å². The van der Waals surface area contributed by atoms with E-state index in [9.17, 15) is 8.42 Å². The molecule has 3 rings (SSSR count). The molecular formula is C15H22Cl2N2O4S. The predicted molar refractivity (Wildman–Crippen MR) is 95.1 cm³/mol. The fourth-order valence-corrected chi connectivity index (χ4v) is 5.00. The quantitative estimate of drug-likeness (QED) is 0.844. The maximum absolute atomic E-state index is 12.9. The number of hydrogen-bond acceptors (Lipinski definition) is 5. The molecule has 0 amide bonds. The van der Waals surface area contributed by atoms with E-state index in [1.54, 1.807) is 0 Å². The Morgan fingerprint density at radius 3 is 2.38 bits per heavy atom. The van der Waals surface area contributed by atoms with E-state index in [1.165, 1.54) is 16.4 Å². The normalized spacial score (nSPS) is 18.9. The minimum Gasteiger partial charge on any atom is -0.486 e. The van der Waals surface area contributed by atoms with Gasteiger partial charge in [0.2, 0.25) is 10.0 Å². The molecule has 0 saturated carbocycles. The molecule has 0 radical (unpaired) electrons. The van der Waals surface area contributed by atoms with Crippen LogP contribution in [0.5, 0.6) is 11.5 Å². The summed E-state index contributed by atoms with van der Waals surface area (Å²) in [7, 11) is -1.70. The largest absolute Gasteiger partial charge is 0.486 e. The van der Waals surface area contributed by atoms with Crippen LogP contribution in [0.3, 0.4) is 0 Å². The molecule has 0 unspecified atom stereocenters. The van der Waals surface area contributed by atoms with Crippen molar-refractivity contribution in [1.82, 2.24) is 9.62 Å². The zero-order chi connectivity index (χ0) is 16.4. The number of nitrogens with one attached hydrogen (secondary N) is 1. The molecule has 1 aromatic rings. The molecule has 1 fully saturated rings. The molecule has 136 valence electrons. The molecule has 24 heavy (non-hydrogen) atoms.